The van der Waals surface area contributed by atoms with Crippen molar-refractivity contribution in [2.24, 2.45) is 5.41 Å². The van der Waals surface area contributed by atoms with Crippen LogP contribution in [0.25, 0.3) is 11.1 Å². The second kappa shape index (κ2) is 5.08. The number of fused-ring (bicyclic) bond motifs is 1. The third-order valence-electron chi connectivity index (χ3n) is 4.32. The Morgan fingerprint density at radius 3 is 2.68 bits per heavy atom. The Hall–Kier alpha value is -1.16. The number of oxazole rings is 1. The monoisotopic (exact) mass is 277 g/mol. The lowest BCUT2D eigenvalue weighted by Crippen LogP contribution is -2.34. The molecule has 4 heteroatoms. The molecule has 0 bridgehead atoms. The molecule has 0 saturated heterocycles. The number of benzene rings is 1. The lowest BCUT2D eigenvalue weighted by atomic mass is 9.75. The first kappa shape index (κ1) is 12.9. The van der Waals surface area contributed by atoms with Gasteiger partial charge < -0.3 is 4.42 Å². The summed E-state index contributed by atoms with van der Waals surface area (Å²) in [6, 6.07) is 7.64. The topological polar surface area (TPSA) is 35.1 Å². The van der Waals surface area contributed by atoms with Crippen LogP contribution in [0.5, 0.6) is 0 Å². The second-order valence-electron chi connectivity index (χ2n) is 5.64. The Balaban J connectivity index is 2.00. The molecule has 3 rings (SSSR count). The van der Waals surface area contributed by atoms with E-state index >= 15 is 0 Å². The zero-order chi connectivity index (χ0) is 13.3. The summed E-state index contributed by atoms with van der Waals surface area (Å²) >= 11 is 4.54. The first-order valence-corrected chi connectivity index (χ1v) is 7.57. The average molecular weight is 277 g/mol. The van der Waals surface area contributed by atoms with Crippen molar-refractivity contribution >= 4 is 23.7 Å². The molecule has 0 unspecified atom stereocenters. The van der Waals surface area contributed by atoms with Crippen LogP contribution in [0, 0.1) is 5.41 Å². The maximum Gasteiger partial charge on any atom is 0.419 e. The van der Waals surface area contributed by atoms with Crippen molar-refractivity contribution in [3.8, 4) is 0 Å². The van der Waals surface area contributed by atoms with Gasteiger partial charge in [-0.15, -0.1) is 0 Å². The van der Waals surface area contributed by atoms with Crippen LogP contribution < -0.4 is 5.76 Å². The van der Waals surface area contributed by atoms with Gasteiger partial charge >= 0.3 is 5.76 Å². The molecule has 1 aromatic carbocycles. The Kier molecular flexibility index (Phi) is 3.44. The lowest BCUT2D eigenvalue weighted by Gasteiger charge is -2.36. The smallest absolute Gasteiger partial charge is 0.408 e. The molecule has 2 aromatic rings. The number of hydrogen-bond acceptors (Lipinski definition) is 3. The van der Waals surface area contributed by atoms with Gasteiger partial charge in [0.05, 0.1) is 5.52 Å². The fourth-order valence-corrected chi connectivity index (χ4v) is 3.58. The van der Waals surface area contributed by atoms with Crippen LogP contribution in [-0.2, 0) is 6.54 Å². The number of para-hydroxylation sites is 2. The molecule has 0 spiro atoms. The molecule has 3 nitrogen and oxygen atoms in total. The lowest BCUT2D eigenvalue weighted by molar-refractivity contribution is 0.187. The number of aromatic nitrogens is 1. The summed E-state index contributed by atoms with van der Waals surface area (Å²) in [5.74, 6) is 0.590. The van der Waals surface area contributed by atoms with Crippen molar-refractivity contribution in [3.05, 3.63) is 34.8 Å². The molecule has 0 atom stereocenters. The van der Waals surface area contributed by atoms with Gasteiger partial charge in [-0.3, -0.25) is 4.57 Å². The fraction of sp³-hybridized carbons (Fsp3) is 0.533. The SMILES string of the molecule is O=c1oc2ccccc2n1CC1(CS)CCCCC1. The van der Waals surface area contributed by atoms with Gasteiger partial charge in [0.2, 0.25) is 0 Å². The molecule has 0 N–H and O–H groups in total. The Labute approximate surface area is 118 Å². The van der Waals surface area contributed by atoms with Crippen molar-refractivity contribution < 1.29 is 4.42 Å². The highest BCUT2D eigenvalue weighted by Crippen LogP contribution is 2.39. The third-order valence-corrected chi connectivity index (χ3v) is 4.99. The molecule has 102 valence electrons. The molecule has 19 heavy (non-hydrogen) atoms. The Morgan fingerprint density at radius 2 is 1.95 bits per heavy atom. The minimum absolute atomic E-state index is 0.151. The summed E-state index contributed by atoms with van der Waals surface area (Å²) < 4.78 is 7.10. The van der Waals surface area contributed by atoms with Crippen molar-refractivity contribution in [1.29, 1.82) is 0 Å². The van der Waals surface area contributed by atoms with Crippen LogP contribution in [-0.4, -0.2) is 10.3 Å². The molecular formula is C15H19NO2S. The van der Waals surface area contributed by atoms with E-state index in [2.05, 4.69) is 12.6 Å². The first-order chi connectivity index (χ1) is 9.24. The molecule has 1 heterocycles. The molecule has 0 amide bonds. The average Bonchev–Trinajstić information content (AvgIpc) is 2.76. The summed E-state index contributed by atoms with van der Waals surface area (Å²) in [7, 11) is 0. The van der Waals surface area contributed by atoms with Crippen LogP contribution in [0.1, 0.15) is 32.1 Å². The van der Waals surface area contributed by atoms with Gasteiger partial charge in [-0.25, -0.2) is 4.79 Å². The van der Waals surface area contributed by atoms with E-state index < -0.39 is 0 Å². The van der Waals surface area contributed by atoms with Gasteiger partial charge in [0.15, 0.2) is 5.58 Å². The van der Waals surface area contributed by atoms with Crippen LogP contribution in [0.3, 0.4) is 0 Å². The van der Waals surface area contributed by atoms with Gasteiger partial charge in [-0.05, 0) is 36.1 Å². The maximum atomic E-state index is 12.0. The van der Waals surface area contributed by atoms with Crippen molar-refractivity contribution in [2.75, 3.05) is 5.75 Å². The minimum Gasteiger partial charge on any atom is -0.408 e. The van der Waals surface area contributed by atoms with Crippen molar-refractivity contribution in [1.82, 2.24) is 4.57 Å². The van der Waals surface area contributed by atoms with Crippen LogP contribution in [0.15, 0.2) is 33.5 Å². The van der Waals surface area contributed by atoms with Gasteiger partial charge in [0.1, 0.15) is 0 Å². The summed E-state index contributed by atoms with van der Waals surface area (Å²) in [5, 5.41) is 0. The van der Waals surface area contributed by atoms with Gasteiger partial charge in [0, 0.05) is 6.54 Å². The molecule has 1 saturated carbocycles. The molecule has 1 aliphatic rings. The molecule has 0 aliphatic heterocycles. The van der Waals surface area contributed by atoms with Crippen molar-refractivity contribution in [3.63, 3.8) is 0 Å². The van der Waals surface area contributed by atoms with Crippen LogP contribution >= 0.6 is 12.6 Å². The van der Waals surface area contributed by atoms with E-state index in [9.17, 15) is 4.79 Å². The van der Waals surface area contributed by atoms with E-state index in [0.29, 0.717) is 5.58 Å². The molecule has 1 aliphatic carbocycles. The zero-order valence-corrected chi connectivity index (χ0v) is 11.9. The van der Waals surface area contributed by atoms with Crippen LogP contribution in [0.4, 0.5) is 0 Å². The van der Waals surface area contributed by atoms with Gasteiger partial charge in [-0.2, -0.15) is 12.6 Å². The summed E-state index contributed by atoms with van der Waals surface area (Å²) in [4.78, 5) is 12.0. The standard InChI is InChI=1S/C15H19NO2S/c17-14-16(12-6-2-3-7-13(12)18-14)10-15(11-19)8-4-1-5-9-15/h2-3,6-7,19H,1,4-5,8-11H2. The predicted octanol–water partition coefficient (Wildman–Crippen LogP) is 3.47. The molecule has 0 radical (unpaired) electrons. The zero-order valence-electron chi connectivity index (χ0n) is 11.0. The number of hydrogen-bond donors (Lipinski definition) is 1. The van der Waals surface area contributed by atoms with Crippen LogP contribution in [0.2, 0.25) is 0 Å². The van der Waals surface area contributed by atoms with E-state index in [0.717, 1.165) is 30.7 Å². The molecule has 1 fully saturated rings. The van der Waals surface area contributed by atoms with Crippen molar-refractivity contribution in [2.45, 2.75) is 38.6 Å². The summed E-state index contributed by atoms with van der Waals surface area (Å²) in [6.45, 7) is 0.729. The Bertz CT molecular complexity index is 622. The van der Waals surface area contributed by atoms with E-state index in [1.165, 1.54) is 19.3 Å². The number of thiol groups is 1. The number of nitrogens with zero attached hydrogens (tertiary/aromatic N) is 1. The Morgan fingerprint density at radius 1 is 1.21 bits per heavy atom. The van der Waals surface area contributed by atoms with E-state index in [1.807, 2.05) is 24.3 Å². The largest absolute Gasteiger partial charge is 0.419 e. The highest BCUT2D eigenvalue weighted by atomic mass is 32.1. The maximum absolute atomic E-state index is 12.0. The minimum atomic E-state index is -0.243. The number of rotatable bonds is 3. The second-order valence-corrected chi connectivity index (χ2v) is 5.96. The third kappa shape index (κ3) is 2.34. The first-order valence-electron chi connectivity index (χ1n) is 6.93. The fourth-order valence-electron chi connectivity index (χ4n) is 3.17. The van der Waals surface area contributed by atoms with Gasteiger partial charge in [0.25, 0.3) is 0 Å². The van der Waals surface area contributed by atoms with E-state index in [-0.39, 0.29) is 11.2 Å². The molecule has 1 aromatic heterocycles. The highest BCUT2D eigenvalue weighted by molar-refractivity contribution is 7.80. The summed E-state index contributed by atoms with van der Waals surface area (Å²) in [6.07, 6.45) is 6.09. The predicted molar refractivity (Wildman–Crippen MR) is 79.8 cm³/mol. The molecular weight excluding hydrogens is 258 g/mol. The quantitative estimate of drug-likeness (QED) is 0.872. The highest BCUT2D eigenvalue weighted by Gasteiger charge is 2.32. The van der Waals surface area contributed by atoms with Gasteiger partial charge in [-0.1, -0.05) is 31.4 Å². The van der Waals surface area contributed by atoms with E-state index in [1.54, 1.807) is 4.57 Å². The summed E-state index contributed by atoms with van der Waals surface area (Å²) in [5.41, 5.74) is 1.73. The normalized spacial score (nSPS) is 18.8. The van der Waals surface area contributed by atoms with E-state index in [4.69, 9.17) is 4.42 Å².